The Bertz CT molecular complexity index is 1120. The molecule has 1 unspecified atom stereocenters. The summed E-state index contributed by atoms with van der Waals surface area (Å²) in [4.78, 5) is 7.04. The monoisotopic (exact) mass is 486 g/mol. The third-order valence-electron chi connectivity index (χ3n) is 6.33. The van der Waals surface area contributed by atoms with Crippen LogP contribution < -0.4 is 4.74 Å². The van der Waals surface area contributed by atoms with Crippen molar-refractivity contribution in [2.45, 2.75) is 22.3 Å². The zero-order chi connectivity index (χ0) is 22.8. The number of fused-ring (bicyclic) bond motifs is 2. The predicted octanol–water partition coefficient (Wildman–Crippen LogP) is 6.06. The minimum absolute atomic E-state index is 0.202. The van der Waals surface area contributed by atoms with E-state index >= 15 is 0 Å². The van der Waals surface area contributed by atoms with Gasteiger partial charge in [-0.05, 0) is 72.1 Å². The number of hydrogen-bond donors (Lipinski definition) is 0. The smallest absolute Gasteiger partial charge is 0.124 e. The van der Waals surface area contributed by atoms with Gasteiger partial charge >= 0.3 is 0 Å². The molecule has 0 radical (unpaired) electrons. The van der Waals surface area contributed by atoms with Crippen molar-refractivity contribution in [2.24, 2.45) is 0 Å². The third kappa shape index (κ3) is 5.35. The molecule has 1 atom stereocenters. The molecule has 0 aromatic heterocycles. The van der Waals surface area contributed by atoms with Gasteiger partial charge < -0.3 is 4.74 Å². The molecule has 0 saturated carbocycles. The second-order valence-corrected chi connectivity index (χ2v) is 9.96. The molecular formula is C26H25ClF2N2OS. The molecule has 2 aliphatic rings. The lowest BCUT2D eigenvalue weighted by Crippen LogP contribution is -2.49. The van der Waals surface area contributed by atoms with Crippen molar-refractivity contribution < 1.29 is 13.5 Å². The summed E-state index contributed by atoms with van der Waals surface area (Å²) in [6.07, 6.45) is 0.837. The summed E-state index contributed by atoms with van der Waals surface area (Å²) in [5.41, 5.74) is 2.39. The van der Waals surface area contributed by atoms with E-state index in [0.717, 1.165) is 54.0 Å². The summed E-state index contributed by atoms with van der Waals surface area (Å²) in [6, 6.07) is 17.5. The highest BCUT2D eigenvalue weighted by Gasteiger charge is 2.30. The van der Waals surface area contributed by atoms with E-state index in [-0.39, 0.29) is 17.7 Å². The van der Waals surface area contributed by atoms with Crippen LogP contribution in [0, 0.1) is 11.6 Å². The molecule has 2 heterocycles. The molecule has 0 aliphatic carbocycles. The number of ether oxygens (including phenoxy) is 1. The van der Waals surface area contributed by atoms with Crippen LogP contribution in [0.4, 0.5) is 8.78 Å². The van der Waals surface area contributed by atoms with Gasteiger partial charge in [0.05, 0.1) is 0 Å². The molecule has 33 heavy (non-hydrogen) atoms. The maximum Gasteiger partial charge on any atom is 0.124 e. The minimum Gasteiger partial charge on any atom is -0.492 e. The highest BCUT2D eigenvalue weighted by molar-refractivity contribution is 7.99. The normalized spacial score (nSPS) is 18.9. The predicted molar refractivity (Wildman–Crippen MR) is 128 cm³/mol. The van der Waals surface area contributed by atoms with Crippen molar-refractivity contribution in [2.75, 3.05) is 39.3 Å². The number of piperazine rings is 1. The minimum atomic E-state index is -0.258. The summed E-state index contributed by atoms with van der Waals surface area (Å²) >= 11 is 8.01. The molecule has 1 saturated heterocycles. The van der Waals surface area contributed by atoms with E-state index in [9.17, 15) is 8.78 Å². The molecule has 3 nitrogen and oxygen atoms in total. The van der Waals surface area contributed by atoms with Crippen LogP contribution in [0.1, 0.15) is 17.2 Å². The van der Waals surface area contributed by atoms with Gasteiger partial charge in [-0.25, -0.2) is 8.78 Å². The van der Waals surface area contributed by atoms with E-state index < -0.39 is 0 Å². The molecule has 7 heteroatoms. The molecule has 0 spiro atoms. The third-order valence-corrected chi connectivity index (χ3v) is 7.76. The zero-order valence-corrected chi connectivity index (χ0v) is 19.7. The lowest BCUT2D eigenvalue weighted by molar-refractivity contribution is 0.0850. The van der Waals surface area contributed by atoms with Crippen LogP contribution in [0.3, 0.4) is 0 Å². The van der Waals surface area contributed by atoms with Gasteiger partial charge in [0.25, 0.3) is 0 Å². The van der Waals surface area contributed by atoms with Crippen LogP contribution in [0.5, 0.6) is 5.75 Å². The van der Waals surface area contributed by atoms with Crippen LogP contribution in [-0.4, -0.2) is 49.1 Å². The molecule has 172 valence electrons. The fraction of sp³-hybridized carbons (Fsp3) is 0.308. The maximum absolute atomic E-state index is 13.9. The summed E-state index contributed by atoms with van der Waals surface area (Å²) in [5.74, 6) is 0.229. The number of nitrogens with zero attached hydrogens (tertiary/aromatic N) is 2. The summed E-state index contributed by atoms with van der Waals surface area (Å²) < 4.78 is 32.7. The lowest BCUT2D eigenvalue weighted by Gasteiger charge is -2.39. The van der Waals surface area contributed by atoms with Crippen molar-refractivity contribution >= 4 is 23.4 Å². The summed E-state index contributed by atoms with van der Waals surface area (Å²) in [6.45, 7) is 5.17. The van der Waals surface area contributed by atoms with Gasteiger partial charge in [-0.2, -0.15) is 0 Å². The first-order valence-corrected chi connectivity index (χ1v) is 12.3. The van der Waals surface area contributed by atoms with Crippen LogP contribution in [0.2, 0.25) is 5.02 Å². The van der Waals surface area contributed by atoms with Gasteiger partial charge in [0, 0.05) is 53.6 Å². The molecule has 0 N–H and O–H groups in total. The van der Waals surface area contributed by atoms with Gasteiger partial charge in [-0.3, -0.25) is 9.80 Å². The van der Waals surface area contributed by atoms with E-state index in [1.807, 2.05) is 12.1 Å². The molecule has 0 amide bonds. The van der Waals surface area contributed by atoms with Crippen molar-refractivity contribution in [1.82, 2.24) is 9.80 Å². The Morgan fingerprint density at radius 1 is 0.879 bits per heavy atom. The molecule has 2 aliphatic heterocycles. The Hall–Kier alpha value is -2.12. The fourth-order valence-electron chi connectivity index (χ4n) is 4.55. The first-order chi connectivity index (χ1) is 16.0. The molecule has 1 fully saturated rings. The Morgan fingerprint density at radius 2 is 1.64 bits per heavy atom. The Morgan fingerprint density at radius 3 is 2.42 bits per heavy atom. The molecule has 0 bridgehead atoms. The molecule has 3 aromatic carbocycles. The van der Waals surface area contributed by atoms with Gasteiger partial charge in [0.2, 0.25) is 0 Å². The first kappa shape index (κ1) is 22.7. The molecule has 3 aromatic rings. The van der Waals surface area contributed by atoms with Gasteiger partial charge in [0.1, 0.15) is 24.0 Å². The number of halogens is 3. The Kier molecular flexibility index (Phi) is 6.88. The SMILES string of the molecule is Fc1ccc(OCCN2CCN(C3Cc4ccc(F)cc4Sc4ccc(Cl)cc43)CC2)cc1. The van der Waals surface area contributed by atoms with Crippen LogP contribution in [0.25, 0.3) is 0 Å². The Labute approximate surface area is 202 Å². The Balaban J connectivity index is 1.25. The number of rotatable bonds is 5. The van der Waals surface area contributed by atoms with Gasteiger partial charge in [-0.1, -0.05) is 29.4 Å². The standard InChI is InChI=1S/C26H25ClF2N2OS/c27-19-2-8-25-23(16-19)24(15-18-1-3-21(29)17-26(18)33-25)31-11-9-30(10-12-31)13-14-32-22-6-4-20(28)5-7-22/h1-8,16-17,24H,9-15H2. The average Bonchev–Trinajstić information content (AvgIpc) is 2.97. The largest absolute Gasteiger partial charge is 0.492 e. The van der Waals surface area contributed by atoms with E-state index in [2.05, 4.69) is 21.9 Å². The van der Waals surface area contributed by atoms with Gasteiger partial charge in [-0.15, -0.1) is 0 Å². The maximum atomic E-state index is 13.9. The second kappa shape index (κ2) is 10.0. The van der Waals surface area contributed by atoms with E-state index in [4.69, 9.17) is 16.3 Å². The quantitative estimate of drug-likeness (QED) is 0.435. The van der Waals surface area contributed by atoms with E-state index in [0.29, 0.717) is 12.4 Å². The van der Waals surface area contributed by atoms with Crippen molar-refractivity contribution in [1.29, 1.82) is 0 Å². The number of benzene rings is 3. The topological polar surface area (TPSA) is 15.7 Å². The summed E-state index contributed by atoms with van der Waals surface area (Å²) in [5, 5.41) is 0.730. The number of hydrogen-bond acceptors (Lipinski definition) is 4. The highest BCUT2D eigenvalue weighted by atomic mass is 35.5. The van der Waals surface area contributed by atoms with Crippen molar-refractivity contribution in [3.63, 3.8) is 0 Å². The fourth-order valence-corrected chi connectivity index (χ4v) is 5.87. The van der Waals surface area contributed by atoms with Crippen LogP contribution >= 0.6 is 23.4 Å². The van der Waals surface area contributed by atoms with Crippen molar-refractivity contribution in [3.8, 4) is 5.75 Å². The van der Waals surface area contributed by atoms with Crippen molar-refractivity contribution in [3.05, 3.63) is 88.4 Å². The lowest BCUT2D eigenvalue weighted by atomic mass is 9.96. The molecule has 5 rings (SSSR count). The van der Waals surface area contributed by atoms with Crippen LogP contribution in [0.15, 0.2) is 70.5 Å². The first-order valence-electron chi connectivity index (χ1n) is 11.2. The highest BCUT2D eigenvalue weighted by Crippen LogP contribution is 2.44. The van der Waals surface area contributed by atoms with Crippen LogP contribution in [-0.2, 0) is 6.42 Å². The summed E-state index contributed by atoms with van der Waals surface area (Å²) in [7, 11) is 0. The zero-order valence-electron chi connectivity index (χ0n) is 18.1. The second-order valence-electron chi connectivity index (χ2n) is 8.44. The van der Waals surface area contributed by atoms with E-state index in [1.54, 1.807) is 36.0 Å². The van der Waals surface area contributed by atoms with E-state index in [1.165, 1.54) is 23.3 Å². The average molecular weight is 487 g/mol. The molecular weight excluding hydrogens is 462 g/mol. The van der Waals surface area contributed by atoms with Gasteiger partial charge in [0.15, 0.2) is 0 Å².